The van der Waals surface area contributed by atoms with Crippen LogP contribution in [-0.4, -0.2) is 88.1 Å². The maximum Gasteiger partial charge on any atom is 0.233 e. The predicted octanol–water partition coefficient (Wildman–Crippen LogP) is 4.28. The summed E-state index contributed by atoms with van der Waals surface area (Å²) in [5, 5.41) is 13.2. The van der Waals surface area contributed by atoms with Gasteiger partial charge in [-0.25, -0.2) is 9.97 Å². The van der Waals surface area contributed by atoms with E-state index >= 15 is 0 Å². The number of benzene rings is 1. The number of hydrogen-bond donors (Lipinski definition) is 0. The zero-order valence-corrected chi connectivity index (χ0v) is 25.0. The number of methoxy groups -OCH3 is 1. The number of aryl methyl sites for hydroxylation is 1. The summed E-state index contributed by atoms with van der Waals surface area (Å²) in [6, 6.07) is 11.3. The van der Waals surface area contributed by atoms with Gasteiger partial charge in [-0.2, -0.15) is 5.10 Å². The molecule has 4 aromatic rings. The molecule has 0 unspecified atom stereocenters. The number of nitrogens with zero attached hydrogens (tertiary/aromatic N) is 9. The zero-order valence-electron chi connectivity index (χ0n) is 25.0. The van der Waals surface area contributed by atoms with Crippen LogP contribution in [0.5, 0.6) is 11.6 Å². The molecular formula is C30H37N9O3. The highest BCUT2D eigenvalue weighted by Crippen LogP contribution is 2.41. The second-order valence-electron chi connectivity index (χ2n) is 10.4. The number of ether oxygens (including phenoxy) is 2. The van der Waals surface area contributed by atoms with Gasteiger partial charge in [-0.1, -0.05) is 13.0 Å². The summed E-state index contributed by atoms with van der Waals surface area (Å²) >= 11 is 0. The van der Waals surface area contributed by atoms with Crippen molar-refractivity contribution < 1.29 is 14.3 Å². The van der Waals surface area contributed by atoms with Crippen LogP contribution >= 0.6 is 0 Å². The van der Waals surface area contributed by atoms with E-state index in [0.29, 0.717) is 46.8 Å². The number of aromatic nitrogens is 6. The average Bonchev–Trinajstić information content (AvgIpc) is 3.46. The van der Waals surface area contributed by atoms with Crippen LogP contribution in [0.2, 0.25) is 0 Å². The van der Waals surface area contributed by atoms with Gasteiger partial charge in [-0.3, -0.25) is 9.48 Å². The predicted molar refractivity (Wildman–Crippen MR) is 161 cm³/mol. The third-order valence-corrected chi connectivity index (χ3v) is 7.52. The minimum absolute atomic E-state index is 0.0183. The lowest BCUT2D eigenvalue weighted by atomic mass is 10.1. The molecule has 3 aromatic heterocycles. The van der Waals surface area contributed by atoms with E-state index < -0.39 is 0 Å². The van der Waals surface area contributed by atoms with E-state index in [9.17, 15) is 4.79 Å². The molecule has 1 aliphatic rings. The molecule has 0 radical (unpaired) electrons. The van der Waals surface area contributed by atoms with Gasteiger partial charge < -0.3 is 24.2 Å². The first-order chi connectivity index (χ1) is 20.3. The highest BCUT2D eigenvalue weighted by molar-refractivity contribution is 6.02. The number of piperidine rings is 1. The van der Waals surface area contributed by atoms with Crippen LogP contribution in [0.25, 0.3) is 11.4 Å². The van der Waals surface area contributed by atoms with E-state index in [1.165, 1.54) is 0 Å². The maximum atomic E-state index is 13.0. The van der Waals surface area contributed by atoms with E-state index in [2.05, 4.69) is 37.2 Å². The molecule has 1 fully saturated rings. The molecule has 0 bridgehead atoms. The average molecular weight is 572 g/mol. The van der Waals surface area contributed by atoms with Gasteiger partial charge in [0.25, 0.3) is 0 Å². The molecule has 1 saturated heterocycles. The molecule has 0 amide bonds. The molecule has 42 heavy (non-hydrogen) atoms. The largest absolute Gasteiger partial charge is 0.494 e. The van der Waals surface area contributed by atoms with Crippen molar-refractivity contribution in [1.82, 2.24) is 34.8 Å². The standard InChI is InChI=1S/C30H37N9O3/c1-7-25(40)22-18-31-27(39(5)26-11-12-28(34-33-26)42-20-13-15-36(2)16-14-20)17-24(22)38(4)23-10-8-9-21(29(23)41-6)30-32-19-37(3)35-30/h8-12,17-20H,7,13-16H2,1-6H3. The van der Waals surface area contributed by atoms with Crippen LogP contribution in [0.1, 0.15) is 36.5 Å². The number of para-hydroxylation sites is 1. The Hall–Kier alpha value is -4.58. The van der Waals surface area contributed by atoms with Crippen LogP contribution in [0.15, 0.2) is 48.9 Å². The summed E-state index contributed by atoms with van der Waals surface area (Å²) in [6.07, 6.45) is 5.68. The lowest BCUT2D eigenvalue weighted by Gasteiger charge is -2.28. The van der Waals surface area contributed by atoms with E-state index in [0.717, 1.165) is 37.2 Å². The molecule has 0 saturated carbocycles. The molecular weight excluding hydrogens is 534 g/mol. The molecule has 12 nitrogen and oxygen atoms in total. The summed E-state index contributed by atoms with van der Waals surface area (Å²) < 4.78 is 13.6. The molecule has 0 atom stereocenters. The fraction of sp³-hybridized carbons (Fsp3) is 0.400. The van der Waals surface area contributed by atoms with Gasteiger partial charge in [0.15, 0.2) is 23.2 Å². The molecule has 12 heteroatoms. The van der Waals surface area contributed by atoms with Crippen LogP contribution in [0.4, 0.5) is 23.0 Å². The second kappa shape index (κ2) is 12.5. The molecule has 220 valence electrons. The van der Waals surface area contributed by atoms with Gasteiger partial charge in [0.1, 0.15) is 18.2 Å². The number of ketones is 1. The summed E-state index contributed by atoms with van der Waals surface area (Å²) in [4.78, 5) is 28.1. The van der Waals surface area contributed by atoms with Crippen LogP contribution in [0.3, 0.4) is 0 Å². The van der Waals surface area contributed by atoms with Crippen LogP contribution in [0, 0.1) is 0 Å². The van der Waals surface area contributed by atoms with Crippen molar-refractivity contribution in [2.45, 2.75) is 32.3 Å². The molecule has 0 spiro atoms. The van der Waals surface area contributed by atoms with Crippen molar-refractivity contribution in [3.63, 3.8) is 0 Å². The van der Waals surface area contributed by atoms with Crippen molar-refractivity contribution in [1.29, 1.82) is 0 Å². The third kappa shape index (κ3) is 6.03. The lowest BCUT2D eigenvalue weighted by molar-refractivity contribution is 0.0988. The molecule has 1 aromatic carbocycles. The molecule has 1 aliphatic heterocycles. The number of pyridine rings is 1. The van der Waals surface area contributed by atoms with Gasteiger partial charge in [0.05, 0.1) is 29.6 Å². The molecule has 0 aliphatic carbocycles. The maximum absolute atomic E-state index is 13.0. The number of carbonyl (C=O) groups is 1. The highest BCUT2D eigenvalue weighted by atomic mass is 16.5. The fourth-order valence-corrected chi connectivity index (χ4v) is 5.02. The number of anilines is 4. The van der Waals surface area contributed by atoms with E-state index in [-0.39, 0.29) is 11.9 Å². The van der Waals surface area contributed by atoms with Gasteiger partial charge in [0, 0.05) is 59.0 Å². The molecule has 0 N–H and O–H groups in total. The number of carbonyl (C=O) groups excluding carboxylic acids is 1. The minimum Gasteiger partial charge on any atom is -0.494 e. The van der Waals surface area contributed by atoms with Crippen LogP contribution < -0.4 is 19.3 Å². The smallest absolute Gasteiger partial charge is 0.233 e. The summed E-state index contributed by atoms with van der Waals surface area (Å²) in [6.45, 7) is 3.85. The lowest BCUT2D eigenvalue weighted by Crippen LogP contribution is -2.35. The van der Waals surface area contributed by atoms with Crippen molar-refractivity contribution in [3.05, 3.63) is 54.5 Å². The number of hydrogen-bond acceptors (Lipinski definition) is 11. The number of likely N-dealkylation sites (tertiary alicyclic amines) is 1. The van der Waals surface area contributed by atoms with Crippen molar-refractivity contribution in [3.8, 4) is 23.0 Å². The fourth-order valence-electron chi connectivity index (χ4n) is 5.02. The van der Waals surface area contributed by atoms with Crippen molar-refractivity contribution in [2.24, 2.45) is 7.05 Å². The summed E-state index contributed by atoms with van der Waals surface area (Å²) in [7, 11) is 9.31. The van der Waals surface area contributed by atoms with Gasteiger partial charge in [-0.15, -0.1) is 10.2 Å². The SMILES string of the molecule is CCC(=O)c1cnc(N(C)c2ccc(OC3CCN(C)CC3)nn2)cc1N(C)c1cccc(-c2ncn(C)n2)c1OC. The van der Waals surface area contributed by atoms with Crippen LogP contribution in [-0.2, 0) is 7.05 Å². The Morgan fingerprint density at radius 2 is 1.79 bits per heavy atom. The van der Waals surface area contributed by atoms with E-state index in [1.54, 1.807) is 24.3 Å². The Balaban J connectivity index is 1.45. The molecule has 4 heterocycles. The molecule has 5 rings (SSSR count). The quantitative estimate of drug-likeness (QED) is 0.254. The summed E-state index contributed by atoms with van der Waals surface area (Å²) in [5.41, 5.74) is 2.68. The third-order valence-electron chi connectivity index (χ3n) is 7.52. The second-order valence-corrected chi connectivity index (χ2v) is 10.4. The van der Waals surface area contributed by atoms with Gasteiger partial charge in [0.2, 0.25) is 5.88 Å². The Morgan fingerprint density at radius 3 is 2.43 bits per heavy atom. The summed E-state index contributed by atoms with van der Waals surface area (Å²) in [5.74, 6) is 2.83. The van der Waals surface area contributed by atoms with Crippen molar-refractivity contribution in [2.75, 3.05) is 51.1 Å². The first-order valence-corrected chi connectivity index (χ1v) is 14.0. The van der Waals surface area contributed by atoms with Crippen molar-refractivity contribution >= 4 is 28.8 Å². The van der Waals surface area contributed by atoms with Gasteiger partial charge in [-0.05, 0) is 38.1 Å². The topological polar surface area (TPSA) is 115 Å². The first-order valence-electron chi connectivity index (χ1n) is 14.0. The van der Waals surface area contributed by atoms with E-state index in [1.807, 2.05) is 74.3 Å². The Morgan fingerprint density at radius 1 is 1.00 bits per heavy atom. The van der Waals surface area contributed by atoms with Gasteiger partial charge >= 0.3 is 0 Å². The number of Topliss-reactive ketones (excluding diaryl/α,β-unsaturated/α-hetero) is 1. The highest BCUT2D eigenvalue weighted by Gasteiger charge is 2.23. The Bertz CT molecular complexity index is 1530. The normalized spacial score (nSPS) is 14.0. The number of rotatable bonds is 10. The Labute approximate surface area is 245 Å². The minimum atomic E-state index is -0.0183. The first kappa shape index (κ1) is 28.9. The zero-order chi connectivity index (χ0) is 29.8. The van der Waals surface area contributed by atoms with E-state index in [4.69, 9.17) is 9.47 Å². The Kier molecular flexibility index (Phi) is 8.62. The monoisotopic (exact) mass is 571 g/mol.